The summed E-state index contributed by atoms with van der Waals surface area (Å²) in [6.07, 6.45) is 3.05. The molecule has 3 nitrogen and oxygen atoms in total. The highest BCUT2D eigenvalue weighted by atomic mass is 79.9. The highest BCUT2D eigenvalue weighted by Gasteiger charge is 2.45. The maximum absolute atomic E-state index is 11.9. The van der Waals surface area contributed by atoms with Crippen molar-refractivity contribution >= 4 is 33.2 Å². The predicted molar refractivity (Wildman–Crippen MR) is 76.7 cm³/mol. The largest absolute Gasteiger partial charge is 0.469 e. The summed E-state index contributed by atoms with van der Waals surface area (Å²) < 4.78 is 6.07. The van der Waals surface area contributed by atoms with Crippen molar-refractivity contribution in [3.63, 3.8) is 0 Å². The van der Waals surface area contributed by atoms with Gasteiger partial charge < -0.3 is 9.64 Å². The van der Waals surface area contributed by atoms with Crippen LogP contribution in [0.5, 0.6) is 0 Å². The first-order valence-electron chi connectivity index (χ1n) is 6.06. The first kappa shape index (κ1) is 14.0. The Balaban J connectivity index is 1.94. The lowest BCUT2D eigenvalue weighted by Gasteiger charge is -2.41. The summed E-state index contributed by atoms with van der Waals surface area (Å²) in [5.74, 6) is -0.0482. The van der Waals surface area contributed by atoms with Gasteiger partial charge in [0.2, 0.25) is 0 Å². The zero-order valence-electron chi connectivity index (χ0n) is 10.7. The summed E-state index contributed by atoms with van der Waals surface area (Å²) in [6, 6.07) is 2.13. The molecule has 0 aliphatic heterocycles. The van der Waals surface area contributed by atoms with Crippen LogP contribution in [0.15, 0.2) is 15.9 Å². The third-order valence-corrected chi connectivity index (χ3v) is 5.23. The van der Waals surface area contributed by atoms with Gasteiger partial charge in [0.1, 0.15) is 0 Å². The lowest BCUT2D eigenvalue weighted by molar-refractivity contribution is -0.160. The monoisotopic (exact) mass is 331 g/mol. The third kappa shape index (κ3) is 2.95. The van der Waals surface area contributed by atoms with Crippen LogP contribution in [0.4, 0.5) is 0 Å². The van der Waals surface area contributed by atoms with Gasteiger partial charge in [-0.2, -0.15) is 0 Å². The number of halogens is 1. The van der Waals surface area contributed by atoms with Gasteiger partial charge >= 0.3 is 5.97 Å². The maximum atomic E-state index is 11.9. The average molecular weight is 332 g/mol. The van der Waals surface area contributed by atoms with Crippen molar-refractivity contribution < 1.29 is 9.53 Å². The van der Waals surface area contributed by atoms with Crippen LogP contribution in [0.3, 0.4) is 0 Å². The summed E-state index contributed by atoms with van der Waals surface area (Å²) in [5, 5.41) is 2.09. The molecule has 0 radical (unpaired) electrons. The Morgan fingerprint density at radius 3 is 2.78 bits per heavy atom. The quantitative estimate of drug-likeness (QED) is 0.775. The lowest BCUT2D eigenvalue weighted by Crippen LogP contribution is -2.47. The van der Waals surface area contributed by atoms with E-state index < -0.39 is 0 Å². The first-order valence-corrected chi connectivity index (χ1v) is 7.73. The SMILES string of the molecule is COC(=O)C1(CN(C)Cc2cc(Br)cs2)CCC1. The van der Waals surface area contributed by atoms with Crippen LogP contribution < -0.4 is 0 Å². The Morgan fingerprint density at radius 1 is 1.61 bits per heavy atom. The molecule has 0 N–H and O–H groups in total. The summed E-state index contributed by atoms with van der Waals surface area (Å²) in [7, 11) is 3.55. The number of hydrogen-bond donors (Lipinski definition) is 0. The van der Waals surface area contributed by atoms with Crippen molar-refractivity contribution in [2.24, 2.45) is 5.41 Å². The summed E-state index contributed by atoms with van der Waals surface area (Å²) in [4.78, 5) is 15.4. The Labute approximate surface area is 120 Å². The number of rotatable bonds is 5. The molecule has 18 heavy (non-hydrogen) atoms. The van der Waals surface area contributed by atoms with Crippen LogP contribution in [0.2, 0.25) is 0 Å². The van der Waals surface area contributed by atoms with Crippen LogP contribution in [0.1, 0.15) is 24.1 Å². The minimum absolute atomic E-state index is 0.0482. The Hall–Kier alpha value is -0.390. The van der Waals surface area contributed by atoms with Gasteiger partial charge in [-0.05, 0) is 41.9 Å². The molecular weight excluding hydrogens is 314 g/mol. The average Bonchev–Trinajstić information content (AvgIpc) is 2.68. The van der Waals surface area contributed by atoms with Gasteiger partial charge in [-0.25, -0.2) is 0 Å². The van der Waals surface area contributed by atoms with Gasteiger partial charge in [-0.3, -0.25) is 4.79 Å². The summed E-state index contributed by atoms with van der Waals surface area (Å²) in [5.41, 5.74) is -0.252. The normalized spacial score (nSPS) is 17.6. The number of esters is 1. The third-order valence-electron chi connectivity index (χ3n) is 3.55. The molecule has 0 unspecified atom stereocenters. The van der Waals surface area contributed by atoms with Crippen LogP contribution >= 0.6 is 27.3 Å². The van der Waals surface area contributed by atoms with E-state index in [1.807, 2.05) is 0 Å². The minimum atomic E-state index is -0.252. The van der Waals surface area contributed by atoms with E-state index in [0.717, 1.165) is 36.8 Å². The molecular formula is C13H18BrNO2S. The fourth-order valence-corrected chi connectivity index (χ4v) is 4.05. The van der Waals surface area contributed by atoms with E-state index in [1.165, 1.54) is 12.0 Å². The molecule has 0 spiro atoms. The first-order chi connectivity index (χ1) is 8.55. The van der Waals surface area contributed by atoms with Gasteiger partial charge in [0.25, 0.3) is 0 Å². The van der Waals surface area contributed by atoms with Crippen LogP contribution in [-0.2, 0) is 16.1 Å². The number of thiophene rings is 1. The summed E-state index contributed by atoms with van der Waals surface area (Å²) >= 11 is 5.20. The molecule has 1 aliphatic rings. The molecule has 1 aromatic heterocycles. The van der Waals surface area contributed by atoms with Gasteiger partial charge in [-0.15, -0.1) is 11.3 Å². The molecule has 0 amide bonds. The molecule has 1 heterocycles. The molecule has 5 heteroatoms. The van der Waals surface area contributed by atoms with Gasteiger partial charge in [0, 0.05) is 27.8 Å². The van der Waals surface area contributed by atoms with E-state index in [4.69, 9.17) is 4.74 Å². The topological polar surface area (TPSA) is 29.5 Å². The zero-order valence-corrected chi connectivity index (χ0v) is 13.1. The number of hydrogen-bond acceptors (Lipinski definition) is 4. The van der Waals surface area contributed by atoms with E-state index >= 15 is 0 Å². The molecule has 1 fully saturated rings. The van der Waals surface area contributed by atoms with Crippen molar-refractivity contribution in [2.75, 3.05) is 20.7 Å². The molecule has 1 saturated carbocycles. The van der Waals surface area contributed by atoms with Crippen LogP contribution in [0.25, 0.3) is 0 Å². The lowest BCUT2D eigenvalue weighted by atomic mass is 9.68. The van der Waals surface area contributed by atoms with Gasteiger partial charge in [0.05, 0.1) is 12.5 Å². The predicted octanol–water partition coefficient (Wildman–Crippen LogP) is 3.29. The number of carbonyl (C=O) groups is 1. The Morgan fingerprint density at radius 2 is 2.33 bits per heavy atom. The van der Waals surface area contributed by atoms with Crippen molar-refractivity contribution in [1.29, 1.82) is 0 Å². The Bertz CT molecular complexity index is 428. The fourth-order valence-electron chi connectivity index (χ4n) is 2.52. The van der Waals surface area contributed by atoms with Crippen molar-refractivity contribution in [3.05, 3.63) is 20.8 Å². The van der Waals surface area contributed by atoms with Crippen molar-refractivity contribution in [2.45, 2.75) is 25.8 Å². The van der Waals surface area contributed by atoms with E-state index in [-0.39, 0.29) is 11.4 Å². The second-order valence-corrected chi connectivity index (χ2v) is 6.94. The number of ether oxygens (including phenoxy) is 1. The second-order valence-electron chi connectivity index (χ2n) is 5.03. The van der Waals surface area contributed by atoms with Crippen molar-refractivity contribution in [1.82, 2.24) is 4.90 Å². The molecule has 1 aliphatic carbocycles. The number of methoxy groups -OCH3 is 1. The van der Waals surface area contributed by atoms with Crippen molar-refractivity contribution in [3.8, 4) is 0 Å². The van der Waals surface area contributed by atoms with Crippen LogP contribution in [-0.4, -0.2) is 31.6 Å². The molecule has 0 bridgehead atoms. The van der Waals surface area contributed by atoms with E-state index in [9.17, 15) is 4.79 Å². The molecule has 0 aromatic carbocycles. The maximum Gasteiger partial charge on any atom is 0.313 e. The van der Waals surface area contributed by atoms with E-state index in [0.29, 0.717) is 0 Å². The molecule has 0 saturated heterocycles. The highest BCUT2D eigenvalue weighted by molar-refractivity contribution is 9.10. The van der Waals surface area contributed by atoms with E-state index in [1.54, 1.807) is 11.3 Å². The molecule has 100 valence electrons. The number of nitrogens with zero attached hydrogens (tertiary/aromatic N) is 1. The van der Waals surface area contributed by atoms with Crippen LogP contribution in [0, 0.1) is 5.41 Å². The number of carbonyl (C=O) groups excluding carboxylic acids is 1. The summed E-state index contributed by atoms with van der Waals surface area (Å²) in [6.45, 7) is 1.67. The zero-order chi connectivity index (χ0) is 13.2. The highest BCUT2D eigenvalue weighted by Crippen LogP contribution is 2.42. The smallest absolute Gasteiger partial charge is 0.313 e. The fraction of sp³-hybridized carbons (Fsp3) is 0.615. The second kappa shape index (κ2) is 5.72. The van der Waals surface area contributed by atoms with Gasteiger partial charge in [-0.1, -0.05) is 6.42 Å². The standard InChI is InChI=1S/C13H18BrNO2S/c1-15(7-11-6-10(14)8-18-11)9-13(4-3-5-13)12(16)17-2/h6,8H,3-5,7,9H2,1-2H3. The van der Waals surface area contributed by atoms with Gasteiger partial charge in [0.15, 0.2) is 0 Å². The Kier molecular flexibility index (Phi) is 4.45. The molecule has 2 rings (SSSR count). The van der Waals surface area contributed by atoms with E-state index in [2.05, 4.69) is 39.3 Å². The molecule has 1 aromatic rings. The minimum Gasteiger partial charge on any atom is -0.469 e. The molecule has 0 atom stereocenters.